The van der Waals surface area contributed by atoms with Gasteiger partial charge in [-0.05, 0) is 37.6 Å². The molecule has 0 bridgehead atoms. The van der Waals surface area contributed by atoms with Crippen molar-refractivity contribution in [3.8, 4) is 0 Å². The second kappa shape index (κ2) is 6.71. The van der Waals surface area contributed by atoms with Gasteiger partial charge in [-0.15, -0.1) is 11.3 Å². The van der Waals surface area contributed by atoms with E-state index in [9.17, 15) is 9.59 Å². The summed E-state index contributed by atoms with van der Waals surface area (Å²) < 4.78 is 5.38. The van der Waals surface area contributed by atoms with Crippen molar-refractivity contribution in [3.63, 3.8) is 0 Å². The minimum Gasteiger partial charge on any atom is -0.462 e. The van der Waals surface area contributed by atoms with Crippen molar-refractivity contribution in [2.75, 3.05) is 6.61 Å². The monoisotopic (exact) mass is 331 g/mol. The van der Waals surface area contributed by atoms with Gasteiger partial charge in [0.1, 0.15) is 0 Å². The number of thiophene rings is 1. The maximum absolute atomic E-state index is 12.6. The fourth-order valence-electron chi connectivity index (χ4n) is 3.27. The van der Waals surface area contributed by atoms with Crippen molar-refractivity contribution in [1.82, 2.24) is 5.32 Å². The molecule has 0 saturated heterocycles. The number of rotatable bonds is 4. The van der Waals surface area contributed by atoms with Gasteiger partial charge in [-0.3, -0.25) is 4.79 Å². The van der Waals surface area contributed by atoms with Crippen molar-refractivity contribution in [1.29, 1.82) is 0 Å². The lowest BCUT2D eigenvalue weighted by Crippen LogP contribution is -2.34. The van der Waals surface area contributed by atoms with Gasteiger partial charge in [-0.2, -0.15) is 0 Å². The summed E-state index contributed by atoms with van der Waals surface area (Å²) >= 11 is 1.58. The maximum Gasteiger partial charge on any atom is 0.336 e. The number of esters is 1. The normalized spacial score (nSPS) is 21.1. The first-order chi connectivity index (χ1) is 11.1. The topological polar surface area (TPSA) is 55.4 Å². The average molecular weight is 331 g/mol. The molecule has 2 heterocycles. The number of nitrogens with one attached hydrogen (secondary N) is 1. The number of ketones is 1. The summed E-state index contributed by atoms with van der Waals surface area (Å²) in [6.07, 6.45) is 3.06. The smallest absolute Gasteiger partial charge is 0.336 e. The fraction of sp³-hybridized carbons (Fsp3) is 0.444. The Labute approximate surface area is 140 Å². The van der Waals surface area contributed by atoms with E-state index >= 15 is 0 Å². The van der Waals surface area contributed by atoms with Crippen LogP contribution in [0.25, 0.3) is 0 Å². The fourth-order valence-corrected chi connectivity index (χ4v) is 4.11. The van der Waals surface area contributed by atoms with E-state index in [-0.39, 0.29) is 17.7 Å². The number of Topliss-reactive ketones (excluding diaryl/α,β-unsaturated/α-hetero) is 1. The summed E-state index contributed by atoms with van der Waals surface area (Å²) in [6.45, 7) is 4.26. The average Bonchev–Trinajstić information content (AvgIpc) is 3.05. The van der Waals surface area contributed by atoms with Crippen molar-refractivity contribution in [2.24, 2.45) is 0 Å². The third kappa shape index (κ3) is 2.98. The quantitative estimate of drug-likeness (QED) is 0.855. The highest BCUT2D eigenvalue weighted by Crippen LogP contribution is 2.43. The van der Waals surface area contributed by atoms with Crippen LogP contribution in [0.2, 0.25) is 0 Å². The van der Waals surface area contributed by atoms with Crippen LogP contribution in [0.1, 0.15) is 50.3 Å². The summed E-state index contributed by atoms with van der Waals surface area (Å²) in [5.41, 5.74) is 3.12. The van der Waals surface area contributed by atoms with Crippen LogP contribution < -0.4 is 5.32 Å². The van der Waals surface area contributed by atoms with E-state index in [1.165, 1.54) is 0 Å². The van der Waals surface area contributed by atoms with E-state index in [0.717, 1.165) is 41.1 Å². The second-order valence-electron chi connectivity index (χ2n) is 5.92. The number of ether oxygens (including phenoxy) is 1. The zero-order chi connectivity index (χ0) is 16.4. The molecular formula is C18H21NO3S. The van der Waals surface area contributed by atoms with E-state index in [1.807, 2.05) is 31.4 Å². The molecule has 0 amide bonds. The highest BCUT2D eigenvalue weighted by atomic mass is 32.1. The Bertz CT molecular complexity index is 685. The third-order valence-corrected chi connectivity index (χ3v) is 5.20. The Hall–Kier alpha value is -1.88. The first-order valence-corrected chi connectivity index (χ1v) is 8.96. The van der Waals surface area contributed by atoms with Crippen LogP contribution in [-0.4, -0.2) is 18.4 Å². The predicted molar refractivity (Wildman–Crippen MR) is 90.0 cm³/mol. The van der Waals surface area contributed by atoms with E-state index in [0.29, 0.717) is 18.6 Å². The molecular weight excluding hydrogens is 310 g/mol. The largest absolute Gasteiger partial charge is 0.462 e. The van der Waals surface area contributed by atoms with Gasteiger partial charge < -0.3 is 10.1 Å². The molecule has 3 rings (SSSR count). The number of allylic oxidation sites excluding steroid dienone is 3. The number of hydrogen-bond acceptors (Lipinski definition) is 5. The van der Waals surface area contributed by atoms with Crippen molar-refractivity contribution in [2.45, 2.75) is 45.4 Å². The van der Waals surface area contributed by atoms with Crippen LogP contribution in [-0.2, 0) is 14.3 Å². The first-order valence-electron chi connectivity index (χ1n) is 8.08. The standard InChI is InChI=1S/C18H21NO3S/c1-3-9-22-18(21)15-11(2)19-12-6-4-7-13(20)16(12)17(15)14-8-5-10-23-14/h5,8,10,17,19H,3-4,6-7,9H2,1-2H3/t17-/m0/s1. The zero-order valence-corrected chi connectivity index (χ0v) is 14.3. The molecule has 122 valence electrons. The van der Waals surface area contributed by atoms with Crippen LogP contribution in [0.4, 0.5) is 0 Å². The lowest BCUT2D eigenvalue weighted by molar-refractivity contribution is -0.139. The number of hydrogen-bond donors (Lipinski definition) is 1. The van der Waals surface area contributed by atoms with Crippen LogP contribution in [0.5, 0.6) is 0 Å². The minimum absolute atomic E-state index is 0.144. The molecule has 1 aromatic rings. The minimum atomic E-state index is -0.319. The number of carbonyl (C=O) groups excluding carboxylic acids is 2. The third-order valence-electron chi connectivity index (χ3n) is 4.26. The highest BCUT2D eigenvalue weighted by Gasteiger charge is 2.39. The zero-order valence-electron chi connectivity index (χ0n) is 13.5. The molecule has 0 radical (unpaired) electrons. The van der Waals surface area contributed by atoms with Gasteiger partial charge in [0.2, 0.25) is 0 Å². The van der Waals surface area contributed by atoms with Gasteiger partial charge in [-0.25, -0.2) is 4.79 Å². The molecule has 0 fully saturated rings. The molecule has 1 aliphatic carbocycles. The van der Waals surface area contributed by atoms with Gasteiger partial charge in [-0.1, -0.05) is 13.0 Å². The second-order valence-corrected chi connectivity index (χ2v) is 6.90. The van der Waals surface area contributed by atoms with Crippen LogP contribution in [0, 0.1) is 0 Å². The lowest BCUT2D eigenvalue weighted by atomic mass is 9.78. The van der Waals surface area contributed by atoms with E-state index in [1.54, 1.807) is 11.3 Å². The lowest BCUT2D eigenvalue weighted by Gasteiger charge is -2.33. The SMILES string of the molecule is CCCOC(=O)C1=C(C)NC2=C(C(=O)CCC2)[C@H]1c1cccs1. The molecule has 1 aliphatic heterocycles. The van der Waals surface area contributed by atoms with Crippen LogP contribution >= 0.6 is 11.3 Å². The van der Waals surface area contributed by atoms with Gasteiger partial charge in [0, 0.05) is 28.3 Å². The molecule has 2 aliphatic rings. The van der Waals surface area contributed by atoms with Crippen molar-refractivity contribution >= 4 is 23.1 Å². The predicted octanol–water partition coefficient (Wildman–Crippen LogP) is 3.67. The maximum atomic E-state index is 12.6. The van der Waals surface area contributed by atoms with Crippen molar-refractivity contribution in [3.05, 3.63) is 44.9 Å². The van der Waals surface area contributed by atoms with Gasteiger partial charge in [0.05, 0.1) is 18.1 Å². The molecule has 0 aromatic carbocycles. The Morgan fingerprint density at radius 2 is 2.26 bits per heavy atom. The molecule has 1 atom stereocenters. The molecule has 0 unspecified atom stereocenters. The van der Waals surface area contributed by atoms with Crippen LogP contribution in [0.15, 0.2) is 40.1 Å². The first kappa shape index (κ1) is 16.0. The van der Waals surface area contributed by atoms with Crippen LogP contribution in [0.3, 0.4) is 0 Å². The van der Waals surface area contributed by atoms with Gasteiger partial charge >= 0.3 is 5.97 Å². The molecule has 0 saturated carbocycles. The number of dihydropyridines is 1. The van der Waals surface area contributed by atoms with Gasteiger partial charge in [0.25, 0.3) is 0 Å². The summed E-state index contributed by atoms with van der Waals surface area (Å²) in [4.78, 5) is 26.2. The summed E-state index contributed by atoms with van der Waals surface area (Å²) in [5, 5.41) is 5.27. The molecule has 4 nitrogen and oxygen atoms in total. The highest BCUT2D eigenvalue weighted by molar-refractivity contribution is 7.10. The summed E-state index contributed by atoms with van der Waals surface area (Å²) in [5.74, 6) is -0.464. The van der Waals surface area contributed by atoms with E-state index < -0.39 is 0 Å². The Morgan fingerprint density at radius 3 is 2.96 bits per heavy atom. The molecule has 5 heteroatoms. The number of carbonyl (C=O) groups is 2. The van der Waals surface area contributed by atoms with Crippen molar-refractivity contribution < 1.29 is 14.3 Å². The molecule has 1 N–H and O–H groups in total. The summed E-state index contributed by atoms with van der Waals surface area (Å²) in [6, 6.07) is 3.95. The Kier molecular flexibility index (Phi) is 4.66. The summed E-state index contributed by atoms with van der Waals surface area (Å²) in [7, 11) is 0. The van der Waals surface area contributed by atoms with E-state index in [4.69, 9.17) is 4.74 Å². The van der Waals surface area contributed by atoms with E-state index in [2.05, 4.69) is 5.32 Å². The molecule has 0 spiro atoms. The molecule has 1 aromatic heterocycles. The Balaban J connectivity index is 2.06. The Morgan fingerprint density at radius 1 is 1.43 bits per heavy atom. The molecule has 23 heavy (non-hydrogen) atoms. The van der Waals surface area contributed by atoms with Gasteiger partial charge in [0.15, 0.2) is 5.78 Å².